The quantitative estimate of drug-likeness (QED) is 0.342. The molecule has 2 aromatic carbocycles. The van der Waals surface area contributed by atoms with E-state index < -0.39 is 0 Å². The van der Waals surface area contributed by atoms with Crippen LogP contribution in [-0.4, -0.2) is 24.6 Å². The highest BCUT2D eigenvalue weighted by Gasteiger charge is 2.20. The molecule has 2 N–H and O–H groups in total. The highest BCUT2D eigenvalue weighted by molar-refractivity contribution is 9.10. The third-order valence-electron chi connectivity index (χ3n) is 4.43. The second kappa shape index (κ2) is 10.5. The molecule has 0 amide bonds. The van der Waals surface area contributed by atoms with Crippen LogP contribution in [0.1, 0.15) is 36.8 Å². The van der Waals surface area contributed by atoms with Gasteiger partial charge in [-0.05, 0) is 64.9 Å². The van der Waals surface area contributed by atoms with Gasteiger partial charge in [0, 0.05) is 5.75 Å². The number of methoxy groups -OCH3 is 1. The van der Waals surface area contributed by atoms with Gasteiger partial charge in [0.1, 0.15) is 0 Å². The Morgan fingerprint density at radius 2 is 2.00 bits per heavy atom. The molecule has 2 aromatic rings. The molecule has 1 saturated carbocycles. The van der Waals surface area contributed by atoms with Crippen LogP contribution in [0.2, 0.25) is 0 Å². The maximum Gasteiger partial charge on any atom is 0.180 e. The second-order valence-electron chi connectivity index (χ2n) is 6.52. The van der Waals surface area contributed by atoms with E-state index in [0.717, 1.165) is 34.4 Å². The van der Waals surface area contributed by atoms with Crippen LogP contribution in [0.15, 0.2) is 57.1 Å². The summed E-state index contributed by atoms with van der Waals surface area (Å²) in [5.41, 5.74) is 7.98. The van der Waals surface area contributed by atoms with Crippen molar-refractivity contribution in [3.8, 4) is 11.5 Å². The van der Waals surface area contributed by atoms with Gasteiger partial charge in [-0.3, -0.25) is 0 Å². The lowest BCUT2D eigenvalue weighted by molar-refractivity contribution is 0.199. The largest absolute Gasteiger partial charge is 0.493 e. The first-order chi connectivity index (χ1) is 13.7. The topological polar surface area (TPSA) is 69.2 Å². The van der Waals surface area contributed by atoms with Crippen molar-refractivity contribution < 1.29 is 9.47 Å². The summed E-state index contributed by atoms with van der Waals surface area (Å²) in [5.74, 6) is 2.18. The van der Waals surface area contributed by atoms with Crippen molar-refractivity contribution in [2.75, 3.05) is 7.11 Å². The first-order valence-corrected chi connectivity index (χ1v) is 11.0. The molecule has 0 aromatic heterocycles. The number of ether oxygens (including phenoxy) is 2. The minimum atomic E-state index is 0.260. The van der Waals surface area contributed by atoms with Crippen LogP contribution in [0.25, 0.3) is 0 Å². The normalized spacial score (nSPS) is 15.3. The Morgan fingerprint density at radius 1 is 1.25 bits per heavy atom. The molecule has 0 radical (unpaired) electrons. The summed E-state index contributed by atoms with van der Waals surface area (Å²) in [6, 6.07) is 14.0. The van der Waals surface area contributed by atoms with E-state index in [2.05, 4.69) is 38.3 Å². The summed E-state index contributed by atoms with van der Waals surface area (Å²) in [6.07, 6.45) is 6.54. The van der Waals surface area contributed by atoms with Gasteiger partial charge in [0.15, 0.2) is 16.7 Å². The third kappa shape index (κ3) is 6.01. The smallest absolute Gasteiger partial charge is 0.180 e. The Bertz CT molecular complexity index is 837. The number of halogens is 1. The minimum Gasteiger partial charge on any atom is -0.493 e. The van der Waals surface area contributed by atoms with Crippen LogP contribution in [0.4, 0.5) is 0 Å². The Kier molecular flexibility index (Phi) is 7.80. The molecule has 7 heteroatoms. The SMILES string of the molecule is COc1cc(C=NN=C(N)SCc2ccccc2)cc(Br)c1OC1CCCC1. The highest BCUT2D eigenvalue weighted by atomic mass is 79.9. The van der Waals surface area contributed by atoms with E-state index in [1.807, 2.05) is 30.3 Å². The summed E-state index contributed by atoms with van der Waals surface area (Å²) in [5, 5.41) is 8.59. The fraction of sp³-hybridized carbons (Fsp3) is 0.333. The summed E-state index contributed by atoms with van der Waals surface area (Å²) in [4.78, 5) is 0. The molecular weight excluding hydrogens is 438 g/mol. The highest BCUT2D eigenvalue weighted by Crippen LogP contribution is 2.38. The molecule has 0 unspecified atom stereocenters. The number of rotatable bonds is 7. The number of hydrogen-bond donors (Lipinski definition) is 1. The lowest BCUT2D eigenvalue weighted by Crippen LogP contribution is -2.12. The van der Waals surface area contributed by atoms with Crippen LogP contribution < -0.4 is 15.2 Å². The summed E-state index contributed by atoms with van der Waals surface area (Å²) < 4.78 is 12.5. The summed E-state index contributed by atoms with van der Waals surface area (Å²) in [6.45, 7) is 0. The molecule has 0 bridgehead atoms. The van der Waals surface area contributed by atoms with Gasteiger partial charge in [-0.15, -0.1) is 5.10 Å². The van der Waals surface area contributed by atoms with Gasteiger partial charge in [-0.25, -0.2) is 0 Å². The maximum atomic E-state index is 6.13. The fourth-order valence-corrected chi connectivity index (χ4v) is 4.18. The molecule has 0 spiro atoms. The number of benzene rings is 2. The zero-order valence-corrected chi connectivity index (χ0v) is 18.2. The van der Waals surface area contributed by atoms with Gasteiger partial charge >= 0.3 is 0 Å². The Morgan fingerprint density at radius 3 is 2.71 bits per heavy atom. The summed E-state index contributed by atoms with van der Waals surface area (Å²) >= 11 is 5.04. The van der Waals surface area contributed by atoms with Gasteiger partial charge in [-0.1, -0.05) is 42.1 Å². The lowest BCUT2D eigenvalue weighted by atomic mass is 10.2. The molecule has 0 heterocycles. The summed E-state index contributed by atoms with van der Waals surface area (Å²) in [7, 11) is 1.64. The Hall–Kier alpha value is -1.99. The zero-order valence-electron chi connectivity index (χ0n) is 15.8. The Balaban J connectivity index is 1.63. The molecule has 1 fully saturated rings. The van der Waals surface area contributed by atoms with Crippen molar-refractivity contribution >= 4 is 39.1 Å². The van der Waals surface area contributed by atoms with E-state index in [1.165, 1.54) is 30.2 Å². The van der Waals surface area contributed by atoms with Crippen LogP contribution in [-0.2, 0) is 5.75 Å². The fourth-order valence-electron chi connectivity index (χ4n) is 3.01. The molecule has 0 atom stereocenters. The Labute approximate surface area is 178 Å². The maximum absolute atomic E-state index is 6.13. The molecule has 1 aliphatic carbocycles. The molecular formula is C21H24BrN3O2S. The van der Waals surface area contributed by atoms with Gasteiger partial charge < -0.3 is 15.2 Å². The van der Waals surface area contributed by atoms with Crippen molar-refractivity contribution in [1.29, 1.82) is 0 Å². The number of nitrogens with zero attached hydrogens (tertiary/aromatic N) is 2. The van der Waals surface area contributed by atoms with Crippen LogP contribution in [0.5, 0.6) is 11.5 Å². The predicted octanol–water partition coefficient (Wildman–Crippen LogP) is 5.36. The number of nitrogens with two attached hydrogens (primary N) is 1. The molecule has 3 rings (SSSR count). The van der Waals surface area contributed by atoms with Gasteiger partial charge in [0.05, 0.1) is 23.9 Å². The van der Waals surface area contributed by atoms with Crippen molar-refractivity contribution in [2.24, 2.45) is 15.9 Å². The van der Waals surface area contributed by atoms with Crippen molar-refractivity contribution in [1.82, 2.24) is 0 Å². The van der Waals surface area contributed by atoms with Crippen LogP contribution in [0.3, 0.4) is 0 Å². The lowest BCUT2D eigenvalue weighted by Gasteiger charge is -2.17. The van der Waals surface area contributed by atoms with E-state index in [-0.39, 0.29) is 6.10 Å². The van der Waals surface area contributed by atoms with E-state index in [0.29, 0.717) is 10.9 Å². The van der Waals surface area contributed by atoms with Crippen LogP contribution >= 0.6 is 27.7 Å². The average molecular weight is 462 g/mol. The molecule has 1 aliphatic rings. The molecule has 0 aliphatic heterocycles. The first-order valence-electron chi connectivity index (χ1n) is 9.23. The van der Waals surface area contributed by atoms with E-state index in [1.54, 1.807) is 13.3 Å². The van der Waals surface area contributed by atoms with E-state index in [4.69, 9.17) is 15.2 Å². The molecule has 5 nitrogen and oxygen atoms in total. The van der Waals surface area contributed by atoms with Crippen molar-refractivity contribution in [3.05, 3.63) is 58.1 Å². The van der Waals surface area contributed by atoms with Gasteiger partial charge in [0.25, 0.3) is 0 Å². The van der Waals surface area contributed by atoms with E-state index in [9.17, 15) is 0 Å². The molecule has 28 heavy (non-hydrogen) atoms. The van der Waals surface area contributed by atoms with Gasteiger partial charge in [-0.2, -0.15) is 5.10 Å². The minimum absolute atomic E-state index is 0.260. The molecule has 148 valence electrons. The number of thioether (sulfide) groups is 1. The van der Waals surface area contributed by atoms with Gasteiger partial charge in [0.2, 0.25) is 0 Å². The number of amidine groups is 1. The third-order valence-corrected chi connectivity index (χ3v) is 5.88. The van der Waals surface area contributed by atoms with E-state index >= 15 is 0 Å². The van der Waals surface area contributed by atoms with Crippen molar-refractivity contribution in [2.45, 2.75) is 37.5 Å². The zero-order chi connectivity index (χ0) is 19.8. The molecule has 0 saturated heterocycles. The standard InChI is InChI=1S/C21H24BrN3O2S/c1-26-19-12-16(11-18(22)20(19)27-17-9-5-6-10-17)13-24-25-21(23)28-14-15-7-3-2-4-8-15/h2-4,7-8,11-13,17H,5-6,9-10,14H2,1H3,(H2,23,25). The van der Waals surface area contributed by atoms with Crippen molar-refractivity contribution in [3.63, 3.8) is 0 Å². The second-order valence-corrected chi connectivity index (χ2v) is 8.37. The predicted molar refractivity (Wildman–Crippen MR) is 121 cm³/mol. The monoisotopic (exact) mass is 461 g/mol. The first kappa shape index (κ1) is 20.7. The average Bonchev–Trinajstić information content (AvgIpc) is 3.22. The van der Waals surface area contributed by atoms with Crippen LogP contribution in [0, 0.1) is 0 Å². The number of hydrogen-bond acceptors (Lipinski definition) is 5.